The first-order valence-electron chi connectivity index (χ1n) is 4.84. The molecule has 0 saturated heterocycles. The summed E-state index contributed by atoms with van der Waals surface area (Å²) in [4.78, 5) is 11.0. The van der Waals surface area contributed by atoms with Crippen molar-refractivity contribution in [2.45, 2.75) is 6.92 Å². The van der Waals surface area contributed by atoms with Gasteiger partial charge in [0.05, 0.1) is 5.56 Å². The molecule has 0 radical (unpaired) electrons. The van der Waals surface area contributed by atoms with Crippen molar-refractivity contribution in [3.63, 3.8) is 0 Å². The van der Waals surface area contributed by atoms with Crippen LogP contribution in [0.5, 0.6) is 0 Å². The Hall–Kier alpha value is -2.37. The Morgan fingerprint density at radius 2 is 2.24 bits per heavy atom. The highest BCUT2D eigenvalue weighted by molar-refractivity contribution is 5.97. The number of nitrogens with two attached hydrogens (primary N) is 1. The largest absolute Gasteiger partial charge is 0.477 e. The molecule has 5 nitrogen and oxygen atoms in total. The van der Waals surface area contributed by atoms with Gasteiger partial charge < -0.3 is 10.8 Å². The van der Waals surface area contributed by atoms with Gasteiger partial charge in [-0.15, -0.1) is 0 Å². The topological polar surface area (TPSA) is 92.0 Å². The molecule has 0 fully saturated rings. The van der Waals surface area contributed by atoms with E-state index in [0.29, 0.717) is 11.1 Å². The average molecular weight is 235 g/mol. The number of H-pyrrole nitrogens is 1. The molecule has 0 unspecified atom stereocenters. The van der Waals surface area contributed by atoms with Crippen LogP contribution in [-0.4, -0.2) is 21.3 Å². The number of aromatic carboxylic acids is 1. The zero-order chi connectivity index (χ0) is 12.6. The number of halogens is 1. The number of aromatic amines is 1. The van der Waals surface area contributed by atoms with Gasteiger partial charge in [-0.2, -0.15) is 5.10 Å². The summed E-state index contributed by atoms with van der Waals surface area (Å²) in [5.41, 5.74) is 6.71. The van der Waals surface area contributed by atoms with E-state index in [1.807, 2.05) is 0 Å². The van der Waals surface area contributed by atoms with Crippen molar-refractivity contribution in [1.29, 1.82) is 0 Å². The molecule has 1 heterocycles. The Kier molecular flexibility index (Phi) is 2.55. The van der Waals surface area contributed by atoms with E-state index in [1.165, 1.54) is 18.2 Å². The van der Waals surface area contributed by atoms with E-state index >= 15 is 0 Å². The Balaban J connectivity index is 2.63. The minimum Gasteiger partial charge on any atom is -0.477 e. The third-order valence-corrected chi connectivity index (χ3v) is 2.45. The van der Waals surface area contributed by atoms with Gasteiger partial charge in [-0.25, -0.2) is 9.18 Å². The Bertz CT molecular complexity index is 592. The monoisotopic (exact) mass is 235 g/mol. The molecule has 0 aliphatic rings. The van der Waals surface area contributed by atoms with Gasteiger partial charge in [0.2, 0.25) is 0 Å². The molecular weight excluding hydrogens is 225 g/mol. The third kappa shape index (κ3) is 1.84. The lowest BCUT2D eigenvalue weighted by Gasteiger charge is -2.03. The molecule has 0 amide bonds. The summed E-state index contributed by atoms with van der Waals surface area (Å²) in [5, 5.41) is 14.9. The predicted octanol–water partition coefficient (Wildman–Crippen LogP) is 1.80. The molecule has 0 aliphatic carbocycles. The lowest BCUT2D eigenvalue weighted by molar-refractivity contribution is 0.0691. The van der Waals surface area contributed by atoms with Crippen LogP contribution in [0.4, 0.5) is 10.2 Å². The molecule has 6 heteroatoms. The van der Waals surface area contributed by atoms with E-state index in [1.54, 1.807) is 6.92 Å². The van der Waals surface area contributed by atoms with Crippen molar-refractivity contribution in [2.75, 3.05) is 5.73 Å². The summed E-state index contributed by atoms with van der Waals surface area (Å²) in [6, 6.07) is 4.27. The molecule has 17 heavy (non-hydrogen) atoms. The van der Waals surface area contributed by atoms with Gasteiger partial charge in [0.25, 0.3) is 0 Å². The number of nitrogens with one attached hydrogen (secondary N) is 1. The van der Waals surface area contributed by atoms with E-state index in [9.17, 15) is 9.18 Å². The maximum absolute atomic E-state index is 13.1. The van der Waals surface area contributed by atoms with Gasteiger partial charge in [0, 0.05) is 0 Å². The van der Waals surface area contributed by atoms with Gasteiger partial charge in [-0.3, -0.25) is 5.10 Å². The van der Waals surface area contributed by atoms with Crippen LogP contribution in [0.15, 0.2) is 18.2 Å². The average Bonchev–Trinajstić information content (AvgIpc) is 2.64. The molecule has 1 aromatic carbocycles. The summed E-state index contributed by atoms with van der Waals surface area (Å²) < 4.78 is 13.1. The number of aryl methyl sites for hydroxylation is 1. The Morgan fingerprint density at radius 3 is 2.82 bits per heavy atom. The highest BCUT2D eigenvalue weighted by Gasteiger charge is 2.18. The fraction of sp³-hybridized carbons (Fsp3) is 0.0909. The van der Waals surface area contributed by atoms with Crippen molar-refractivity contribution in [3.8, 4) is 11.1 Å². The minimum absolute atomic E-state index is 0.0772. The van der Waals surface area contributed by atoms with Crippen LogP contribution >= 0.6 is 0 Å². The van der Waals surface area contributed by atoms with Gasteiger partial charge in [-0.1, -0.05) is 6.07 Å². The molecule has 2 rings (SSSR count). The lowest BCUT2D eigenvalue weighted by atomic mass is 10.0. The molecule has 0 spiro atoms. The quantitative estimate of drug-likeness (QED) is 0.740. The van der Waals surface area contributed by atoms with Gasteiger partial charge in [0.15, 0.2) is 11.5 Å². The number of anilines is 1. The van der Waals surface area contributed by atoms with Crippen molar-refractivity contribution in [1.82, 2.24) is 10.2 Å². The number of carboxylic acid groups (broad SMARTS) is 1. The number of nitrogen functional groups attached to an aromatic ring is 1. The number of nitrogens with zero attached hydrogens (tertiary/aromatic N) is 1. The molecule has 4 N–H and O–H groups in total. The second-order valence-corrected chi connectivity index (χ2v) is 3.63. The van der Waals surface area contributed by atoms with Crippen molar-refractivity contribution in [2.24, 2.45) is 0 Å². The van der Waals surface area contributed by atoms with Gasteiger partial charge in [-0.05, 0) is 30.2 Å². The van der Waals surface area contributed by atoms with Crippen LogP contribution in [0.3, 0.4) is 0 Å². The second-order valence-electron chi connectivity index (χ2n) is 3.63. The first kappa shape index (κ1) is 11.1. The first-order chi connectivity index (χ1) is 8.00. The SMILES string of the molecule is Cc1cc(-c2c(N)n[nH]c2C(=O)O)ccc1F. The van der Waals surface area contributed by atoms with Crippen molar-refractivity contribution >= 4 is 11.8 Å². The third-order valence-electron chi connectivity index (χ3n) is 2.45. The minimum atomic E-state index is -1.16. The Morgan fingerprint density at radius 1 is 1.53 bits per heavy atom. The van der Waals surface area contributed by atoms with E-state index in [2.05, 4.69) is 10.2 Å². The fourth-order valence-corrected chi connectivity index (χ4v) is 1.60. The van der Waals surface area contributed by atoms with Crippen LogP contribution in [0, 0.1) is 12.7 Å². The van der Waals surface area contributed by atoms with Gasteiger partial charge >= 0.3 is 5.97 Å². The Labute approximate surface area is 96.1 Å². The van der Waals surface area contributed by atoms with Crippen LogP contribution in [-0.2, 0) is 0 Å². The molecule has 0 atom stereocenters. The lowest BCUT2D eigenvalue weighted by Crippen LogP contribution is -2.00. The number of rotatable bonds is 2. The number of aromatic nitrogens is 2. The summed E-state index contributed by atoms with van der Waals surface area (Å²) in [6.45, 7) is 1.59. The van der Waals surface area contributed by atoms with Crippen molar-refractivity contribution in [3.05, 3.63) is 35.3 Å². The highest BCUT2D eigenvalue weighted by Crippen LogP contribution is 2.29. The number of benzene rings is 1. The molecule has 0 aliphatic heterocycles. The molecule has 1 aromatic heterocycles. The maximum Gasteiger partial charge on any atom is 0.354 e. The number of carboxylic acids is 1. The highest BCUT2D eigenvalue weighted by atomic mass is 19.1. The summed E-state index contributed by atoms with van der Waals surface area (Å²) in [5.74, 6) is -1.44. The fourth-order valence-electron chi connectivity index (χ4n) is 1.60. The molecule has 2 aromatic rings. The zero-order valence-corrected chi connectivity index (χ0v) is 8.99. The van der Waals surface area contributed by atoms with Crippen molar-refractivity contribution < 1.29 is 14.3 Å². The summed E-state index contributed by atoms with van der Waals surface area (Å²) in [7, 11) is 0. The normalized spacial score (nSPS) is 10.5. The molecular formula is C11H10FN3O2. The van der Waals surface area contributed by atoms with E-state index in [0.717, 1.165) is 0 Å². The van der Waals surface area contributed by atoms with Gasteiger partial charge in [0.1, 0.15) is 5.82 Å². The van der Waals surface area contributed by atoms with Crippen LogP contribution < -0.4 is 5.73 Å². The zero-order valence-electron chi connectivity index (χ0n) is 8.99. The predicted molar refractivity (Wildman–Crippen MR) is 60.1 cm³/mol. The van der Waals surface area contributed by atoms with E-state index in [4.69, 9.17) is 10.8 Å². The first-order valence-corrected chi connectivity index (χ1v) is 4.84. The van der Waals surface area contributed by atoms with E-state index < -0.39 is 5.97 Å². The number of hydrogen-bond donors (Lipinski definition) is 3. The van der Waals surface area contributed by atoms with Crippen LogP contribution in [0.25, 0.3) is 11.1 Å². The number of hydrogen-bond acceptors (Lipinski definition) is 3. The maximum atomic E-state index is 13.1. The molecule has 0 bridgehead atoms. The van der Waals surface area contributed by atoms with Crippen LogP contribution in [0.2, 0.25) is 0 Å². The summed E-state index contributed by atoms with van der Waals surface area (Å²) >= 11 is 0. The standard InChI is InChI=1S/C11H10FN3O2/c1-5-4-6(2-3-7(5)12)8-9(11(16)17)14-15-10(8)13/h2-4H,1H3,(H,16,17)(H3,13,14,15). The number of carbonyl (C=O) groups is 1. The second kappa shape index (κ2) is 3.89. The molecule has 88 valence electrons. The molecule has 0 saturated carbocycles. The van der Waals surface area contributed by atoms with Crippen LogP contribution in [0.1, 0.15) is 16.1 Å². The summed E-state index contributed by atoms with van der Waals surface area (Å²) in [6.07, 6.45) is 0. The smallest absolute Gasteiger partial charge is 0.354 e. The van der Waals surface area contributed by atoms with E-state index in [-0.39, 0.29) is 22.9 Å².